The number of benzene rings is 1. The number of aromatic nitrogens is 1. The van der Waals surface area contributed by atoms with Gasteiger partial charge in [-0.2, -0.15) is 0 Å². The summed E-state index contributed by atoms with van der Waals surface area (Å²) in [5.41, 5.74) is 3.33. The summed E-state index contributed by atoms with van der Waals surface area (Å²) in [7, 11) is 3.42. The van der Waals surface area contributed by atoms with E-state index >= 15 is 0 Å². The van der Waals surface area contributed by atoms with Crippen LogP contribution in [0.15, 0.2) is 18.2 Å². The molecule has 144 valence electrons. The number of carboxylic acid groups (broad SMARTS) is 1. The maximum Gasteiger partial charge on any atom is 0.320 e. The van der Waals surface area contributed by atoms with E-state index < -0.39 is 12.0 Å². The highest BCUT2D eigenvalue weighted by molar-refractivity contribution is 5.87. The fourth-order valence-electron chi connectivity index (χ4n) is 4.15. The van der Waals surface area contributed by atoms with E-state index in [9.17, 15) is 14.7 Å². The Bertz CT molecular complexity index is 893. The first-order chi connectivity index (χ1) is 13.0. The molecule has 0 unspecified atom stereocenters. The molecule has 8 nitrogen and oxygen atoms in total. The molecule has 3 heterocycles. The molecular weight excluding hydrogens is 348 g/mol. The third-order valence-corrected chi connectivity index (χ3v) is 5.63. The normalized spacial score (nSPS) is 22.7. The maximum atomic E-state index is 12.7. The summed E-state index contributed by atoms with van der Waals surface area (Å²) in [5, 5.41) is 13.3. The number of nitrogens with zero attached hydrogens (tertiary/aromatic N) is 2. The van der Waals surface area contributed by atoms with Gasteiger partial charge in [-0.05, 0) is 31.7 Å². The smallest absolute Gasteiger partial charge is 0.320 e. The third kappa shape index (κ3) is 3.21. The fourth-order valence-corrected chi connectivity index (χ4v) is 4.15. The first-order valence-electron chi connectivity index (χ1n) is 9.12. The topological polar surface area (TPSA) is 97.9 Å². The molecule has 1 saturated heterocycles. The van der Waals surface area contributed by atoms with Crippen molar-refractivity contribution < 1.29 is 19.4 Å². The van der Waals surface area contributed by atoms with Gasteiger partial charge in [-0.1, -0.05) is 0 Å². The number of H-pyrrole nitrogens is 1. The number of methoxy groups -OCH3 is 1. The van der Waals surface area contributed by atoms with Crippen molar-refractivity contribution in [3.8, 4) is 5.75 Å². The van der Waals surface area contributed by atoms with Crippen molar-refractivity contribution in [1.82, 2.24) is 20.1 Å². The number of likely N-dealkylation sites (N-methyl/N-ethyl adjacent to an activating group) is 1. The van der Waals surface area contributed by atoms with E-state index in [2.05, 4.69) is 10.3 Å². The first kappa shape index (κ1) is 17.7. The van der Waals surface area contributed by atoms with Crippen LogP contribution in [0.2, 0.25) is 0 Å². The van der Waals surface area contributed by atoms with Gasteiger partial charge in [0.1, 0.15) is 11.8 Å². The van der Waals surface area contributed by atoms with Gasteiger partial charge in [0.2, 0.25) is 0 Å². The zero-order valence-electron chi connectivity index (χ0n) is 15.5. The number of aromatic amines is 1. The molecule has 2 aliphatic rings. The average molecular weight is 372 g/mol. The Labute approximate surface area is 157 Å². The van der Waals surface area contributed by atoms with E-state index in [1.54, 1.807) is 24.0 Å². The Morgan fingerprint density at radius 3 is 2.89 bits per heavy atom. The molecule has 0 radical (unpaired) electrons. The Morgan fingerprint density at radius 2 is 2.19 bits per heavy atom. The van der Waals surface area contributed by atoms with Gasteiger partial charge in [0.25, 0.3) is 0 Å². The van der Waals surface area contributed by atoms with Crippen molar-refractivity contribution in [2.24, 2.45) is 0 Å². The molecule has 2 aromatic rings. The van der Waals surface area contributed by atoms with E-state index in [1.807, 2.05) is 18.2 Å². The van der Waals surface area contributed by atoms with Gasteiger partial charge in [0, 0.05) is 54.3 Å². The molecule has 2 atom stereocenters. The van der Waals surface area contributed by atoms with E-state index in [0.29, 0.717) is 26.1 Å². The molecule has 0 aliphatic carbocycles. The second-order valence-electron chi connectivity index (χ2n) is 7.34. The van der Waals surface area contributed by atoms with E-state index in [4.69, 9.17) is 4.74 Å². The second kappa shape index (κ2) is 6.77. The van der Waals surface area contributed by atoms with E-state index in [0.717, 1.165) is 34.3 Å². The maximum absolute atomic E-state index is 12.7. The van der Waals surface area contributed by atoms with Gasteiger partial charge >= 0.3 is 12.0 Å². The molecule has 2 aliphatic heterocycles. The number of amides is 2. The van der Waals surface area contributed by atoms with Gasteiger partial charge in [0.05, 0.1) is 7.11 Å². The summed E-state index contributed by atoms with van der Waals surface area (Å²) in [4.78, 5) is 31.0. The summed E-state index contributed by atoms with van der Waals surface area (Å²) in [6.07, 6.45) is 1.20. The van der Waals surface area contributed by atoms with Crippen LogP contribution in [0, 0.1) is 0 Å². The van der Waals surface area contributed by atoms with Gasteiger partial charge in [-0.3, -0.25) is 9.69 Å². The number of hydrogen-bond donors (Lipinski definition) is 3. The SMILES string of the molecule is COc1ccc2[nH]c3c(c2c1)CN(C(=O)N[C@H]1C[C@@H](C(=O)O)N(C)C1)CC3. The number of ether oxygens (including phenoxy) is 1. The first-order valence-corrected chi connectivity index (χ1v) is 9.12. The zero-order chi connectivity index (χ0) is 19.1. The minimum absolute atomic E-state index is 0.137. The van der Waals surface area contributed by atoms with Crippen LogP contribution in [0.1, 0.15) is 17.7 Å². The number of carboxylic acids is 1. The lowest BCUT2D eigenvalue weighted by Gasteiger charge is -2.28. The van der Waals surface area contributed by atoms with Crippen LogP contribution in [-0.2, 0) is 17.8 Å². The number of carbonyl (C=O) groups is 2. The molecule has 2 amide bonds. The highest BCUT2D eigenvalue weighted by Gasteiger charge is 2.36. The van der Waals surface area contributed by atoms with Gasteiger partial charge in [-0.15, -0.1) is 0 Å². The Hall–Kier alpha value is -2.74. The number of fused-ring (bicyclic) bond motifs is 3. The summed E-state index contributed by atoms with van der Waals surface area (Å²) in [6.45, 7) is 1.71. The fraction of sp³-hybridized carbons (Fsp3) is 0.474. The predicted octanol–water partition coefficient (Wildman–Crippen LogP) is 1.40. The molecule has 27 heavy (non-hydrogen) atoms. The van der Waals surface area contributed by atoms with Crippen LogP contribution >= 0.6 is 0 Å². The van der Waals surface area contributed by atoms with E-state index in [1.165, 1.54) is 0 Å². The number of carbonyl (C=O) groups excluding carboxylic acids is 1. The Kier molecular flexibility index (Phi) is 4.43. The lowest BCUT2D eigenvalue weighted by Crippen LogP contribution is -2.47. The van der Waals surface area contributed by atoms with Crippen LogP contribution in [0.25, 0.3) is 10.9 Å². The number of urea groups is 1. The van der Waals surface area contributed by atoms with Crippen molar-refractivity contribution in [2.45, 2.75) is 31.5 Å². The Balaban J connectivity index is 1.47. The Morgan fingerprint density at radius 1 is 1.37 bits per heavy atom. The number of likely N-dealkylation sites (tertiary alicyclic amines) is 1. The van der Waals surface area contributed by atoms with Crippen LogP contribution in [-0.4, -0.2) is 71.2 Å². The standard InChI is InChI=1S/C19H24N4O4/c1-22-9-11(7-17(22)18(24)25)20-19(26)23-6-5-16-14(10-23)13-8-12(27-2)3-4-15(13)21-16/h3-4,8,11,17,21H,5-7,9-10H2,1-2H3,(H,20,26)(H,24,25)/t11-,17-/m0/s1. The van der Waals surface area contributed by atoms with Crippen molar-refractivity contribution in [1.29, 1.82) is 0 Å². The molecule has 8 heteroatoms. The summed E-state index contributed by atoms with van der Waals surface area (Å²) >= 11 is 0. The van der Waals surface area contributed by atoms with Crippen LogP contribution < -0.4 is 10.1 Å². The minimum Gasteiger partial charge on any atom is -0.497 e. The molecule has 1 aromatic heterocycles. The van der Waals surface area contributed by atoms with Gasteiger partial charge in [-0.25, -0.2) is 4.79 Å². The molecule has 0 saturated carbocycles. The lowest BCUT2D eigenvalue weighted by atomic mass is 10.0. The third-order valence-electron chi connectivity index (χ3n) is 5.63. The summed E-state index contributed by atoms with van der Waals surface area (Å²) < 4.78 is 5.33. The largest absolute Gasteiger partial charge is 0.497 e. The van der Waals surface area contributed by atoms with Gasteiger partial charge < -0.3 is 25.0 Å². The quantitative estimate of drug-likeness (QED) is 0.757. The number of aliphatic carboxylic acids is 1. The molecule has 4 rings (SSSR count). The summed E-state index contributed by atoms with van der Waals surface area (Å²) in [6, 6.07) is 5.09. The predicted molar refractivity (Wildman–Crippen MR) is 100.0 cm³/mol. The van der Waals surface area contributed by atoms with Crippen LogP contribution in [0.5, 0.6) is 5.75 Å². The van der Waals surface area contributed by atoms with Crippen molar-refractivity contribution in [2.75, 3.05) is 27.2 Å². The highest BCUT2D eigenvalue weighted by atomic mass is 16.5. The molecule has 0 spiro atoms. The highest BCUT2D eigenvalue weighted by Crippen LogP contribution is 2.30. The monoisotopic (exact) mass is 372 g/mol. The van der Waals surface area contributed by atoms with Crippen LogP contribution in [0.4, 0.5) is 4.79 Å². The molecule has 3 N–H and O–H groups in total. The summed E-state index contributed by atoms with van der Waals surface area (Å²) in [5.74, 6) is -0.0517. The average Bonchev–Trinajstić information content (AvgIpc) is 3.20. The molecule has 0 bridgehead atoms. The van der Waals surface area contributed by atoms with Gasteiger partial charge in [0.15, 0.2) is 0 Å². The number of nitrogens with one attached hydrogen (secondary N) is 2. The van der Waals surface area contributed by atoms with Crippen molar-refractivity contribution in [3.05, 3.63) is 29.5 Å². The van der Waals surface area contributed by atoms with E-state index in [-0.39, 0.29) is 12.1 Å². The lowest BCUT2D eigenvalue weighted by molar-refractivity contribution is -0.141. The molecule has 1 fully saturated rings. The minimum atomic E-state index is -0.843. The number of rotatable bonds is 3. The number of hydrogen-bond acceptors (Lipinski definition) is 4. The molecule has 1 aromatic carbocycles. The van der Waals surface area contributed by atoms with Crippen molar-refractivity contribution >= 4 is 22.9 Å². The van der Waals surface area contributed by atoms with Crippen molar-refractivity contribution in [3.63, 3.8) is 0 Å². The van der Waals surface area contributed by atoms with Crippen LogP contribution in [0.3, 0.4) is 0 Å². The zero-order valence-corrected chi connectivity index (χ0v) is 15.5. The second-order valence-corrected chi connectivity index (χ2v) is 7.34. The molecular formula is C19H24N4O4.